The van der Waals surface area contributed by atoms with E-state index in [0.717, 1.165) is 18.4 Å². The molecule has 0 aliphatic heterocycles. The Morgan fingerprint density at radius 1 is 1.37 bits per heavy atom. The van der Waals surface area contributed by atoms with Gasteiger partial charge in [0.1, 0.15) is 0 Å². The fourth-order valence-corrected chi connectivity index (χ4v) is 2.05. The first-order valence-electron chi connectivity index (χ1n) is 7.01. The smallest absolute Gasteiger partial charge is 0.237 e. The van der Waals surface area contributed by atoms with Gasteiger partial charge < -0.3 is 5.32 Å². The second-order valence-corrected chi connectivity index (χ2v) is 5.09. The number of pyridine rings is 1. The fourth-order valence-electron chi connectivity index (χ4n) is 2.05. The Morgan fingerprint density at radius 2 is 2.11 bits per heavy atom. The first kappa shape index (κ1) is 15.6. The summed E-state index contributed by atoms with van der Waals surface area (Å²) in [6.07, 6.45) is 5.66. The zero-order chi connectivity index (χ0) is 14.3. The van der Waals surface area contributed by atoms with Crippen LogP contribution in [-0.4, -0.2) is 23.0 Å². The maximum Gasteiger partial charge on any atom is 0.237 e. The molecule has 1 heterocycles. The average Bonchev–Trinajstić information content (AvgIpc) is 2.39. The molecule has 2 N–H and O–H groups in total. The van der Waals surface area contributed by atoms with Crippen molar-refractivity contribution in [1.29, 1.82) is 0 Å². The van der Waals surface area contributed by atoms with Crippen molar-refractivity contribution < 1.29 is 4.79 Å². The molecule has 0 radical (unpaired) electrons. The molecule has 0 saturated carbocycles. The van der Waals surface area contributed by atoms with Crippen LogP contribution in [0.2, 0.25) is 0 Å². The highest BCUT2D eigenvalue weighted by Crippen LogP contribution is 2.10. The Hall–Kier alpha value is -1.42. The molecule has 0 aliphatic rings. The van der Waals surface area contributed by atoms with Gasteiger partial charge in [0, 0.05) is 24.5 Å². The predicted molar refractivity (Wildman–Crippen MR) is 77.8 cm³/mol. The summed E-state index contributed by atoms with van der Waals surface area (Å²) in [5.41, 5.74) is 1.09. The van der Waals surface area contributed by atoms with Crippen molar-refractivity contribution in [2.75, 3.05) is 0 Å². The molecule has 3 atom stereocenters. The lowest BCUT2D eigenvalue weighted by atomic mass is 10.1. The number of carbonyl (C=O) groups excluding carboxylic acids is 1. The van der Waals surface area contributed by atoms with E-state index in [9.17, 15) is 4.79 Å². The van der Waals surface area contributed by atoms with Crippen LogP contribution in [0.15, 0.2) is 24.5 Å². The van der Waals surface area contributed by atoms with E-state index in [0.29, 0.717) is 0 Å². The van der Waals surface area contributed by atoms with Gasteiger partial charge in [-0.05, 0) is 38.8 Å². The normalized spacial score (nSPS) is 15.6. The summed E-state index contributed by atoms with van der Waals surface area (Å²) in [5.74, 6) is 0.0525. The summed E-state index contributed by atoms with van der Waals surface area (Å²) < 4.78 is 0. The van der Waals surface area contributed by atoms with E-state index in [1.807, 2.05) is 39.1 Å². The van der Waals surface area contributed by atoms with Crippen LogP contribution >= 0.6 is 0 Å². The minimum atomic E-state index is -0.213. The topological polar surface area (TPSA) is 54.0 Å². The van der Waals surface area contributed by atoms with Crippen LogP contribution in [0.4, 0.5) is 0 Å². The van der Waals surface area contributed by atoms with Crippen molar-refractivity contribution in [1.82, 2.24) is 15.6 Å². The molecular formula is C15H25N3O. The van der Waals surface area contributed by atoms with Crippen LogP contribution in [0.3, 0.4) is 0 Å². The molecular weight excluding hydrogens is 238 g/mol. The first-order valence-corrected chi connectivity index (χ1v) is 7.01. The highest BCUT2D eigenvalue weighted by Gasteiger charge is 2.17. The van der Waals surface area contributed by atoms with Gasteiger partial charge in [-0.2, -0.15) is 0 Å². The number of amides is 1. The minimum Gasteiger partial charge on any atom is -0.352 e. The van der Waals surface area contributed by atoms with E-state index in [1.54, 1.807) is 6.20 Å². The zero-order valence-corrected chi connectivity index (χ0v) is 12.3. The minimum absolute atomic E-state index is 0.0525. The number of hydrogen-bond acceptors (Lipinski definition) is 3. The monoisotopic (exact) mass is 263 g/mol. The summed E-state index contributed by atoms with van der Waals surface area (Å²) in [6.45, 7) is 8.09. The van der Waals surface area contributed by atoms with Crippen molar-refractivity contribution in [3.8, 4) is 0 Å². The molecule has 0 saturated heterocycles. The standard InChI is InChI=1S/C15H25N3O/c1-5-7-11(2)17-15(19)13(4)18-12(3)14-8-6-9-16-10-14/h6,8-13,18H,5,7H2,1-4H3,(H,17,19)/t11?,12-,13?/m0/s1. The average molecular weight is 263 g/mol. The Kier molecular flexibility index (Phi) is 6.50. The molecule has 1 rings (SSSR count). The Labute approximate surface area is 116 Å². The number of nitrogens with one attached hydrogen (secondary N) is 2. The van der Waals surface area contributed by atoms with Gasteiger partial charge in [-0.3, -0.25) is 15.1 Å². The lowest BCUT2D eigenvalue weighted by Gasteiger charge is -2.21. The number of carbonyl (C=O) groups is 1. The van der Waals surface area contributed by atoms with Crippen LogP contribution in [0, 0.1) is 0 Å². The third kappa shape index (κ3) is 5.39. The molecule has 0 aliphatic carbocycles. The summed E-state index contributed by atoms with van der Waals surface area (Å²) in [7, 11) is 0. The van der Waals surface area contributed by atoms with Crippen LogP contribution in [-0.2, 0) is 4.79 Å². The Balaban J connectivity index is 2.45. The van der Waals surface area contributed by atoms with E-state index in [4.69, 9.17) is 0 Å². The zero-order valence-electron chi connectivity index (χ0n) is 12.3. The molecule has 106 valence electrons. The molecule has 4 heteroatoms. The van der Waals surface area contributed by atoms with E-state index in [2.05, 4.69) is 22.5 Å². The van der Waals surface area contributed by atoms with Crippen LogP contribution in [0.1, 0.15) is 52.1 Å². The summed E-state index contributed by atoms with van der Waals surface area (Å²) in [5, 5.41) is 6.31. The van der Waals surface area contributed by atoms with Gasteiger partial charge in [-0.25, -0.2) is 0 Å². The SMILES string of the molecule is CCCC(C)NC(=O)C(C)N[C@@H](C)c1cccnc1. The molecule has 0 fully saturated rings. The first-order chi connectivity index (χ1) is 9.04. The third-order valence-corrected chi connectivity index (χ3v) is 3.19. The molecule has 19 heavy (non-hydrogen) atoms. The lowest BCUT2D eigenvalue weighted by Crippen LogP contribution is -2.46. The number of nitrogens with zero attached hydrogens (tertiary/aromatic N) is 1. The molecule has 1 amide bonds. The van der Waals surface area contributed by atoms with Gasteiger partial charge in [0.15, 0.2) is 0 Å². The predicted octanol–water partition coefficient (Wildman–Crippen LogP) is 2.43. The summed E-state index contributed by atoms with van der Waals surface area (Å²) >= 11 is 0. The van der Waals surface area contributed by atoms with E-state index in [-0.39, 0.29) is 24.0 Å². The summed E-state index contributed by atoms with van der Waals surface area (Å²) in [4.78, 5) is 16.1. The maximum atomic E-state index is 12.0. The Bertz CT molecular complexity index is 380. The van der Waals surface area contributed by atoms with Crippen LogP contribution < -0.4 is 10.6 Å². The number of hydrogen-bond donors (Lipinski definition) is 2. The van der Waals surface area contributed by atoms with Gasteiger partial charge in [-0.15, -0.1) is 0 Å². The Morgan fingerprint density at radius 3 is 2.68 bits per heavy atom. The van der Waals surface area contributed by atoms with Gasteiger partial charge >= 0.3 is 0 Å². The summed E-state index contributed by atoms with van der Waals surface area (Å²) in [6, 6.07) is 4.04. The van der Waals surface area contributed by atoms with E-state index < -0.39 is 0 Å². The second-order valence-electron chi connectivity index (χ2n) is 5.09. The molecule has 1 aromatic heterocycles. The highest BCUT2D eigenvalue weighted by atomic mass is 16.2. The van der Waals surface area contributed by atoms with Crippen molar-refractivity contribution in [3.63, 3.8) is 0 Å². The van der Waals surface area contributed by atoms with Crippen molar-refractivity contribution in [2.24, 2.45) is 0 Å². The molecule has 0 spiro atoms. The largest absolute Gasteiger partial charge is 0.352 e. The van der Waals surface area contributed by atoms with Gasteiger partial charge in [0.25, 0.3) is 0 Å². The molecule has 4 nitrogen and oxygen atoms in total. The van der Waals surface area contributed by atoms with E-state index in [1.165, 1.54) is 0 Å². The molecule has 0 bridgehead atoms. The molecule has 1 aromatic rings. The second kappa shape index (κ2) is 7.89. The number of aromatic nitrogens is 1. The fraction of sp³-hybridized carbons (Fsp3) is 0.600. The van der Waals surface area contributed by atoms with Crippen molar-refractivity contribution >= 4 is 5.91 Å². The van der Waals surface area contributed by atoms with Gasteiger partial charge in [0.2, 0.25) is 5.91 Å². The van der Waals surface area contributed by atoms with E-state index >= 15 is 0 Å². The van der Waals surface area contributed by atoms with Crippen molar-refractivity contribution in [2.45, 2.75) is 58.7 Å². The third-order valence-electron chi connectivity index (χ3n) is 3.19. The molecule has 0 aromatic carbocycles. The van der Waals surface area contributed by atoms with Gasteiger partial charge in [-0.1, -0.05) is 19.4 Å². The quantitative estimate of drug-likeness (QED) is 0.794. The van der Waals surface area contributed by atoms with Crippen LogP contribution in [0.5, 0.6) is 0 Å². The number of rotatable bonds is 7. The van der Waals surface area contributed by atoms with Crippen molar-refractivity contribution in [3.05, 3.63) is 30.1 Å². The van der Waals surface area contributed by atoms with Gasteiger partial charge in [0.05, 0.1) is 6.04 Å². The van der Waals surface area contributed by atoms with Crippen LogP contribution in [0.25, 0.3) is 0 Å². The lowest BCUT2D eigenvalue weighted by molar-refractivity contribution is -0.123. The molecule has 2 unspecified atom stereocenters. The maximum absolute atomic E-state index is 12.0. The highest BCUT2D eigenvalue weighted by molar-refractivity contribution is 5.81.